The quantitative estimate of drug-likeness (QED) is 0.847. The summed E-state index contributed by atoms with van der Waals surface area (Å²) in [6, 6.07) is 15.9. The molecule has 0 aliphatic carbocycles. The first-order valence-electron chi connectivity index (χ1n) is 6.27. The highest BCUT2D eigenvalue weighted by molar-refractivity contribution is 5.85. The Labute approximate surface area is 102 Å². The predicted octanol–water partition coefficient (Wildman–Crippen LogP) is 2.64. The molecule has 2 heteroatoms. The smallest absolute Gasteiger partial charge is 0.0423 e. The fraction of sp³-hybridized carbons (Fsp3) is 0.333. The van der Waals surface area contributed by atoms with Crippen LogP contribution in [0.25, 0.3) is 10.8 Å². The first-order valence-corrected chi connectivity index (χ1v) is 6.27. The SMILES string of the molecule is CN(c1ccc2ccccc2c1)C1CCNC1. The van der Waals surface area contributed by atoms with Crippen LogP contribution in [-0.2, 0) is 0 Å². The molecule has 1 heterocycles. The summed E-state index contributed by atoms with van der Waals surface area (Å²) < 4.78 is 0. The molecule has 0 bridgehead atoms. The largest absolute Gasteiger partial charge is 0.370 e. The average Bonchev–Trinajstić information content (AvgIpc) is 2.91. The van der Waals surface area contributed by atoms with Gasteiger partial charge in [0.25, 0.3) is 0 Å². The molecule has 3 rings (SSSR count). The van der Waals surface area contributed by atoms with Crippen molar-refractivity contribution in [3.8, 4) is 0 Å². The van der Waals surface area contributed by atoms with E-state index in [-0.39, 0.29) is 0 Å². The van der Waals surface area contributed by atoms with Crippen molar-refractivity contribution in [1.82, 2.24) is 5.32 Å². The lowest BCUT2D eigenvalue weighted by Gasteiger charge is -2.26. The van der Waals surface area contributed by atoms with Gasteiger partial charge in [-0.2, -0.15) is 0 Å². The lowest BCUT2D eigenvalue weighted by atomic mass is 10.1. The lowest BCUT2D eigenvalue weighted by molar-refractivity contribution is 0.686. The number of hydrogen-bond donors (Lipinski definition) is 1. The number of anilines is 1. The van der Waals surface area contributed by atoms with Crippen LogP contribution in [-0.4, -0.2) is 26.2 Å². The van der Waals surface area contributed by atoms with Crippen LogP contribution in [0.1, 0.15) is 6.42 Å². The molecular weight excluding hydrogens is 208 g/mol. The van der Waals surface area contributed by atoms with E-state index in [0.29, 0.717) is 6.04 Å². The van der Waals surface area contributed by atoms with E-state index in [4.69, 9.17) is 0 Å². The highest BCUT2D eigenvalue weighted by atomic mass is 15.2. The zero-order valence-corrected chi connectivity index (χ0v) is 10.2. The van der Waals surface area contributed by atoms with Gasteiger partial charge in [0.15, 0.2) is 0 Å². The maximum Gasteiger partial charge on any atom is 0.0423 e. The Bertz CT molecular complexity index is 515. The summed E-state index contributed by atoms with van der Waals surface area (Å²) in [5.41, 5.74) is 1.32. The van der Waals surface area contributed by atoms with E-state index >= 15 is 0 Å². The molecule has 2 nitrogen and oxygen atoms in total. The van der Waals surface area contributed by atoms with E-state index in [1.807, 2.05) is 0 Å². The topological polar surface area (TPSA) is 15.3 Å². The van der Waals surface area contributed by atoms with Gasteiger partial charge in [-0.3, -0.25) is 0 Å². The number of rotatable bonds is 2. The van der Waals surface area contributed by atoms with Gasteiger partial charge in [0, 0.05) is 25.3 Å². The van der Waals surface area contributed by atoms with E-state index in [9.17, 15) is 0 Å². The molecule has 88 valence electrons. The molecule has 1 fully saturated rings. The Balaban J connectivity index is 1.94. The third-order valence-corrected chi connectivity index (χ3v) is 3.72. The second kappa shape index (κ2) is 4.38. The minimum Gasteiger partial charge on any atom is -0.370 e. The predicted molar refractivity (Wildman–Crippen MR) is 73.6 cm³/mol. The van der Waals surface area contributed by atoms with Crippen molar-refractivity contribution in [3.63, 3.8) is 0 Å². The van der Waals surface area contributed by atoms with Crippen molar-refractivity contribution in [1.29, 1.82) is 0 Å². The molecule has 1 saturated heterocycles. The molecule has 1 atom stereocenters. The summed E-state index contributed by atoms with van der Waals surface area (Å²) in [4.78, 5) is 2.40. The van der Waals surface area contributed by atoms with Crippen LogP contribution in [0.5, 0.6) is 0 Å². The standard InChI is InChI=1S/C15H18N2/c1-17(15-8-9-16-11-15)14-7-6-12-4-2-3-5-13(12)10-14/h2-7,10,15-16H,8-9,11H2,1H3. The Hall–Kier alpha value is -1.54. The summed E-state index contributed by atoms with van der Waals surface area (Å²) in [7, 11) is 2.20. The summed E-state index contributed by atoms with van der Waals surface area (Å²) in [6.07, 6.45) is 1.24. The first-order chi connectivity index (χ1) is 8.34. The maximum absolute atomic E-state index is 3.42. The van der Waals surface area contributed by atoms with E-state index < -0.39 is 0 Å². The number of benzene rings is 2. The Morgan fingerprint density at radius 1 is 1.12 bits per heavy atom. The zero-order valence-electron chi connectivity index (χ0n) is 10.2. The van der Waals surface area contributed by atoms with Crippen molar-refractivity contribution in [3.05, 3.63) is 42.5 Å². The van der Waals surface area contributed by atoms with Gasteiger partial charge < -0.3 is 10.2 Å². The summed E-state index contributed by atoms with van der Waals surface area (Å²) in [5, 5.41) is 6.05. The molecule has 2 aromatic carbocycles. The molecule has 1 aliphatic heterocycles. The molecule has 17 heavy (non-hydrogen) atoms. The van der Waals surface area contributed by atoms with Gasteiger partial charge in [-0.15, -0.1) is 0 Å². The van der Waals surface area contributed by atoms with Gasteiger partial charge in [-0.25, -0.2) is 0 Å². The third kappa shape index (κ3) is 2.01. The van der Waals surface area contributed by atoms with Gasteiger partial charge in [0.2, 0.25) is 0 Å². The molecule has 0 spiro atoms. The Morgan fingerprint density at radius 3 is 2.71 bits per heavy atom. The van der Waals surface area contributed by atoms with E-state index in [2.05, 4.69) is 59.7 Å². The molecule has 0 saturated carbocycles. The number of nitrogens with one attached hydrogen (secondary N) is 1. The molecule has 1 aliphatic rings. The van der Waals surface area contributed by atoms with Crippen molar-refractivity contribution in [2.24, 2.45) is 0 Å². The third-order valence-electron chi connectivity index (χ3n) is 3.72. The second-order valence-corrected chi connectivity index (χ2v) is 4.79. The van der Waals surface area contributed by atoms with Crippen LogP contribution < -0.4 is 10.2 Å². The fourth-order valence-electron chi connectivity index (χ4n) is 2.58. The summed E-state index contributed by atoms with van der Waals surface area (Å²) in [5.74, 6) is 0. The second-order valence-electron chi connectivity index (χ2n) is 4.79. The van der Waals surface area contributed by atoms with Crippen molar-refractivity contribution < 1.29 is 0 Å². The Kier molecular flexibility index (Phi) is 2.73. The van der Waals surface area contributed by atoms with E-state index in [1.165, 1.54) is 22.9 Å². The molecule has 0 radical (unpaired) electrons. The minimum atomic E-state index is 0.635. The van der Waals surface area contributed by atoms with Gasteiger partial charge in [-0.05, 0) is 35.9 Å². The van der Waals surface area contributed by atoms with Crippen LogP contribution >= 0.6 is 0 Å². The molecule has 0 amide bonds. The molecule has 2 aromatic rings. The van der Waals surface area contributed by atoms with Gasteiger partial charge in [-0.1, -0.05) is 30.3 Å². The molecular formula is C15H18N2. The molecule has 1 unspecified atom stereocenters. The summed E-state index contributed by atoms with van der Waals surface area (Å²) in [6.45, 7) is 2.24. The van der Waals surface area contributed by atoms with Crippen LogP contribution in [0.2, 0.25) is 0 Å². The van der Waals surface area contributed by atoms with E-state index in [0.717, 1.165) is 13.1 Å². The van der Waals surface area contributed by atoms with Crippen LogP contribution in [0.15, 0.2) is 42.5 Å². The minimum absolute atomic E-state index is 0.635. The van der Waals surface area contributed by atoms with E-state index in [1.54, 1.807) is 0 Å². The zero-order chi connectivity index (χ0) is 11.7. The number of nitrogens with zero attached hydrogens (tertiary/aromatic N) is 1. The van der Waals surface area contributed by atoms with Crippen LogP contribution in [0.3, 0.4) is 0 Å². The average molecular weight is 226 g/mol. The molecule has 0 aromatic heterocycles. The summed E-state index contributed by atoms with van der Waals surface area (Å²) >= 11 is 0. The van der Waals surface area contributed by atoms with Crippen molar-refractivity contribution in [2.75, 3.05) is 25.0 Å². The van der Waals surface area contributed by atoms with Gasteiger partial charge >= 0.3 is 0 Å². The van der Waals surface area contributed by atoms with Gasteiger partial charge in [0.1, 0.15) is 0 Å². The molecule has 1 N–H and O–H groups in total. The van der Waals surface area contributed by atoms with Crippen molar-refractivity contribution in [2.45, 2.75) is 12.5 Å². The highest BCUT2D eigenvalue weighted by Crippen LogP contribution is 2.23. The van der Waals surface area contributed by atoms with Gasteiger partial charge in [0.05, 0.1) is 0 Å². The first kappa shape index (κ1) is 10.6. The fourth-order valence-corrected chi connectivity index (χ4v) is 2.58. The van der Waals surface area contributed by atoms with Crippen LogP contribution in [0.4, 0.5) is 5.69 Å². The lowest BCUT2D eigenvalue weighted by Crippen LogP contribution is -2.33. The highest BCUT2D eigenvalue weighted by Gasteiger charge is 2.19. The number of hydrogen-bond acceptors (Lipinski definition) is 2. The van der Waals surface area contributed by atoms with Crippen molar-refractivity contribution >= 4 is 16.5 Å². The normalized spacial score (nSPS) is 19.7. The maximum atomic E-state index is 3.42. The number of likely N-dealkylation sites (N-methyl/N-ethyl adjacent to an activating group) is 1. The van der Waals surface area contributed by atoms with Crippen LogP contribution in [0, 0.1) is 0 Å². The monoisotopic (exact) mass is 226 g/mol. The number of fused-ring (bicyclic) bond motifs is 1. The Morgan fingerprint density at radius 2 is 1.94 bits per heavy atom.